The van der Waals surface area contributed by atoms with Crippen molar-refractivity contribution >= 4 is 46.2 Å². The molecule has 1 fully saturated rings. The monoisotopic (exact) mass is 450 g/mol. The van der Waals surface area contributed by atoms with E-state index in [1.54, 1.807) is 0 Å². The first-order chi connectivity index (χ1) is 14.5. The first-order valence-electron chi connectivity index (χ1n) is 8.78. The van der Waals surface area contributed by atoms with E-state index in [2.05, 4.69) is 10.2 Å². The second-order valence-corrected chi connectivity index (χ2v) is 6.92. The van der Waals surface area contributed by atoms with Crippen molar-refractivity contribution in [3.8, 4) is 0 Å². The summed E-state index contributed by atoms with van der Waals surface area (Å²) in [6, 6.07) is 5.53. The van der Waals surface area contributed by atoms with Crippen LogP contribution in [0.3, 0.4) is 0 Å². The Morgan fingerprint density at radius 3 is 2.39 bits per heavy atom. The number of amides is 2. The van der Waals surface area contributed by atoms with Gasteiger partial charge in [-0.15, -0.1) is 0 Å². The first-order valence-corrected chi connectivity index (χ1v) is 9.19. The second-order valence-electron chi connectivity index (χ2n) is 6.56. The van der Waals surface area contributed by atoms with Gasteiger partial charge in [-0.2, -0.15) is 13.2 Å². The number of nitrogens with zero attached hydrogens (tertiary/aromatic N) is 3. The van der Waals surface area contributed by atoms with Crippen LogP contribution in [0.15, 0.2) is 36.4 Å². The largest absolute Gasteiger partial charge is 0.407 e. The number of rotatable bonds is 3. The Labute approximate surface area is 179 Å². The zero-order chi connectivity index (χ0) is 23.1. The summed E-state index contributed by atoms with van der Waals surface area (Å²) in [5.41, 5.74) is -2.01. The second kappa shape index (κ2) is 7.96. The van der Waals surface area contributed by atoms with Gasteiger partial charge in [0.2, 0.25) is 0 Å². The molecule has 0 spiro atoms. The van der Waals surface area contributed by atoms with E-state index in [0.717, 1.165) is 17.0 Å². The van der Waals surface area contributed by atoms with Crippen LogP contribution in [-0.4, -0.2) is 30.0 Å². The molecule has 1 heterocycles. The van der Waals surface area contributed by atoms with Gasteiger partial charge in [0, 0.05) is 18.4 Å². The minimum absolute atomic E-state index is 0.159. The molecular formula is C20H14F4N4O2S. The molecular weight excluding hydrogens is 436 g/mol. The third-order valence-electron chi connectivity index (χ3n) is 4.73. The van der Waals surface area contributed by atoms with E-state index in [9.17, 15) is 27.2 Å². The normalized spacial score (nSPS) is 16.5. The highest BCUT2D eigenvalue weighted by Gasteiger charge is 2.43. The van der Waals surface area contributed by atoms with Crippen LogP contribution in [-0.2, 0) is 11.0 Å². The van der Waals surface area contributed by atoms with Gasteiger partial charge in [-0.3, -0.25) is 14.5 Å². The molecule has 0 aromatic heterocycles. The van der Waals surface area contributed by atoms with Crippen LogP contribution in [0.1, 0.15) is 22.8 Å². The van der Waals surface area contributed by atoms with Crippen LogP contribution in [0.2, 0.25) is 0 Å². The number of carbonyl (C=O) groups is 2. The summed E-state index contributed by atoms with van der Waals surface area (Å²) >= 11 is 5.32. The van der Waals surface area contributed by atoms with Gasteiger partial charge in [-0.05, 0) is 49.5 Å². The third-order valence-corrected chi connectivity index (χ3v) is 5.11. The molecule has 11 heteroatoms. The maximum absolute atomic E-state index is 14.4. The smallest absolute Gasteiger partial charge is 0.355 e. The Kier molecular flexibility index (Phi) is 5.69. The van der Waals surface area contributed by atoms with E-state index in [4.69, 9.17) is 18.8 Å². The Morgan fingerprint density at radius 2 is 1.84 bits per heavy atom. The summed E-state index contributed by atoms with van der Waals surface area (Å²) < 4.78 is 54.4. The highest BCUT2D eigenvalue weighted by atomic mass is 32.1. The lowest BCUT2D eigenvalue weighted by atomic mass is 10.1. The number of hydrogen-bond acceptors (Lipinski definition) is 3. The summed E-state index contributed by atoms with van der Waals surface area (Å²) in [7, 11) is 1.35. The van der Waals surface area contributed by atoms with Crippen LogP contribution >= 0.6 is 12.2 Å². The molecule has 160 valence electrons. The van der Waals surface area contributed by atoms with Gasteiger partial charge in [0.05, 0.1) is 17.7 Å². The van der Waals surface area contributed by atoms with Gasteiger partial charge >= 0.3 is 6.18 Å². The standard InChI is InChI=1S/C20H14F4N4O2S/c1-10-18(30)28(11-5-7-16(25-2)14(8-11)20(22,23)24)19(31)27(10)12-4-6-13(15(21)9-12)17(29)26-3/h4-10H,1,3H3,(H,26,29)/t10-/m0/s1. The molecule has 2 aromatic rings. The van der Waals surface area contributed by atoms with Crippen LogP contribution in [0.4, 0.5) is 34.6 Å². The molecule has 0 unspecified atom stereocenters. The van der Waals surface area contributed by atoms with E-state index in [1.165, 1.54) is 37.1 Å². The molecule has 1 aliphatic rings. The maximum Gasteiger partial charge on any atom is 0.407 e. The summed E-state index contributed by atoms with van der Waals surface area (Å²) in [6.45, 7) is 8.40. The van der Waals surface area contributed by atoms with Gasteiger partial charge in [0.15, 0.2) is 10.8 Å². The Bertz CT molecular complexity index is 1140. The summed E-state index contributed by atoms with van der Waals surface area (Å²) in [6.07, 6.45) is -4.80. The molecule has 0 aliphatic carbocycles. The van der Waals surface area contributed by atoms with Crippen molar-refractivity contribution in [3.63, 3.8) is 0 Å². The summed E-state index contributed by atoms with van der Waals surface area (Å²) in [4.78, 5) is 29.6. The SMILES string of the molecule is [C-]#[N+]c1ccc(N2C(=O)[C@H](C)N(c3ccc(C(=O)NC)c(F)c3)C2=S)cc1C(F)(F)F. The molecule has 6 nitrogen and oxygen atoms in total. The van der Waals surface area contributed by atoms with Crippen molar-refractivity contribution in [2.75, 3.05) is 16.8 Å². The first kappa shape index (κ1) is 22.2. The van der Waals surface area contributed by atoms with E-state index >= 15 is 0 Å². The molecule has 3 rings (SSSR count). The minimum Gasteiger partial charge on any atom is -0.355 e. The number of thiocarbonyl (C=S) groups is 1. The molecule has 1 aliphatic heterocycles. The molecule has 2 aromatic carbocycles. The highest BCUT2D eigenvalue weighted by Crippen LogP contribution is 2.40. The zero-order valence-electron chi connectivity index (χ0n) is 16.1. The number of benzene rings is 2. The maximum atomic E-state index is 14.4. The summed E-state index contributed by atoms with van der Waals surface area (Å²) in [5.74, 6) is -2.11. The van der Waals surface area contributed by atoms with Crippen molar-refractivity contribution in [1.29, 1.82) is 0 Å². The topological polar surface area (TPSA) is 57.0 Å². The lowest BCUT2D eigenvalue weighted by molar-refractivity contribution is -0.136. The van der Waals surface area contributed by atoms with Gasteiger partial charge in [0.25, 0.3) is 11.8 Å². The van der Waals surface area contributed by atoms with Crippen molar-refractivity contribution in [3.05, 3.63) is 64.8 Å². The average molecular weight is 450 g/mol. The Morgan fingerprint density at radius 1 is 1.19 bits per heavy atom. The highest BCUT2D eigenvalue weighted by molar-refractivity contribution is 7.81. The van der Waals surface area contributed by atoms with E-state index in [1.807, 2.05) is 0 Å². The average Bonchev–Trinajstić information content (AvgIpc) is 2.94. The number of nitrogens with one attached hydrogen (secondary N) is 1. The van der Waals surface area contributed by atoms with Crippen molar-refractivity contribution in [2.24, 2.45) is 0 Å². The predicted octanol–water partition coefficient (Wildman–Crippen LogP) is 4.28. The molecule has 1 atom stereocenters. The number of alkyl halides is 3. The van der Waals surface area contributed by atoms with Crippen LogP contribution < -0.4 is 15.1 Å². The number of hydrogen-bond donors (Lipinski definition) is 1. The number of halogens is 4. The lowest BCUT2D eigenvalue weighted by Gasteiger charge is -2.23. The fourth-order valence-corrected chi connectivity index (χ4v) is 3.66. The van der Waals surface area contributed by atoms with Crippen LogP contribution in [0.25, 0.3) is 4.85 Å². The minimum atomic E-state index is -4.80. The van der Waals surface area contributed by atoms with Gasteiger partial charge in [-0.1, -0.05) is 6.07 Å². The molecule has 0 saturated carbocycles. The lowest BCUT2D eigenvalue weighted by Crippen LogP contribution is -2.34. The van der Waals surface area contributed by atoms with Crippen molar-refractivity contribution in [1.82, 2.24) is 5.32 Å². The van der Waals surface area contributed by atoms with Gasteiger partial charge in [0.1, 0.15) is 11.9 Å². The quantitative estimate of drug-likeness (QED) is 0.431. The molecule has 1 N–H and O–H groups in total. The third kappa shape index (κ3) is 3.82. The van der Waals surface area contributed by atoms with E-state index < -0.39 is 41.1 Å². The fraction of sp³-hybridized carbons (Fsp3) is 0.200. The van der Waals surface area contributed by atoms with E-state index in [-0.39, 0.29) is 22.1 Å². The zero-order valence-corrected chi connectivity index (χ0v) is 16.9. The summed E-state index contributed by atoms with van der Waals surface area (Å²) in [5, 5.41) is 2.14. The number of anilines is 2. The molecule has 31 heavy (non-hydrogen) atoms. The number of carbonyl (C=O) groups excluding carboxylic acids is 2. The van der Waals surface area contributed by atoms with Gasteiger partial charge in [-0.25, -0.2) is 9.24 Å². The fourth-order valence-electron chi connectivity index (χ4n) is 3.20. The molecule has 2 amide bonds. The van der Waals surface area contributed by atoms with Crippen LogP contribution in [0.5, 0.6) is 0 Å². The van der Waals surface area contributed by atoms with Crippen LogP contribution in [0, 0.1) is 12.4 Å². The van der Waals surface area contributed by atoms with Crippen molar-refractivity contribution in [2.45, 2.75) is 19.1 Å². The Balaban J connectivity index is 2.03. The van der Waals surface area contributed by atoms with E-state index in [0.29, 0.717) is 6.07 Å². The molecule has 0 bridgehead atoms. The molecule has 1 saturated heterocycles. The van der Waals surface area contributed by atoms with Crippen molar-refractivity contribution < 1.29 is 27.2 Å². The predicted molar refractivity (Wildman–Crippen MR) is 110 cm³/mol. The molecule has 0 radical (unpaired) electrons. The van der Waals surface area contributed by atoms with Gasteiger partial charge < -0.3 is 10.2 Å². The Hall–Kier alpha value is -3.52.